The lowest BCUT2D eigenvalue weighted by atomic mass is 9.87. The first-order valence-electron chi connectivity index (χ1n) is 6.67. The Bertz CT molecular complexity index is 397. The Morgan fingerprint density at radius 3 is 2.30 bits per heavy atom. The smallest absolute Gasteiger partial charge is 0.317 e. The van der Waals surface area contributed by atoms with Gasteiger partial charge in [-0.05, 0) is 20.8 Å². The van der Waals surface area contributed by atoms with Crippen LogP contribution in [0.3, 0.4) is 0 Å². The van der Waals surface area contributed by atoms with Gasteiger partial charge in [-0.1, -0.05) is 6.92 Å². The van der Waals surface area contributed by atoms with Crippen molar-refractivity contribution in [2.24, 2.45) is 11.8 Å². The van der Waals surface area contributed by atoms with Crippen LogP contribution in [0, 0.1) is 11.8 Å². The van der Waals surface area contributed by atoms with E-state index in [1.54, 1.807) is 6.92 Å². The Hall–Kier alpha value is -1.79. The summed E-state index contributed by atoms with van der Waals surface area (Å²) in [6.45, 7) is 7.98. The van der Waals surface area contributed by atoms with E-state index in [1.807, 2.05) is 20.8 Å². The fraction of sp³-hybridized carbons (Fsp3) is 0.769. The van der Waals surface area contributed by atoms with Crippen LogP contribution >= 0.6 is 0 Å². The number of nitrogens with one attached hydrogen (secondary N) is 2. The summed E-state index contributed by atoms with van der Waals surface area (Å²) in [4.78, 5) is 35.5. The van der Waals surface area contributed by atoms with Crippen LogP contribution in [0.1, 0.15) is 27.7 Å². The molecule has 1 rings (SSSR count). The van der Waals surface area contributed by atoms with Crippen molar-refractivity contribution in [3.05, 3.63) is 0 Å². The number of amides is 3. The quantitative estimate of drug-likeness (QED) is 0.690. The Balaban J connectivity index is 2.26. The molecule has 20 heavy (non-hydrogen) atoms. The molecule has 0 spiro atoms. The molecule has 1 saturated heterocycles. The summed E-state index contributed by atoms with van der Waals surface area (Å²) >= 11 is 0. The predicted octanol–water partition coefficient (Wildman–Crippen LogP) is 0.263. The largest absolute Gasteiger partial charge is 0.481 e. The number of carboxylic acids is 1. The molecule has 7 nitrogen and oxygen atoms in total. The van der Waals surface area contributed by atoms with Crippen molar-refractivity contribution < 1.29 is 19.5 Å². The highest BCUT2D eigenvalue weighted by molar-refractivity contribution is 5.84. The monoisotopic (exact) mass is 285 g/mol. The minimum atomic E-state index is -0.848. The van der Waals surface area contributed by atoms with Gasteiger partial charge in [0.1, 0.15) is 0 Å². The summed E-state index contributed by atoms with van der Waals surface area (Å²) in [6.07, 6.45) is 0. The van der Waals surface area contributed by atoms with Gasteiger partial charge >= 0.3 is 12.0 Å². The van der Waals surface area contributed by atoms with Gasteiger partial charge in [0, 0.05) is 24.5 Å². The average Bonchev–Trinajstić information content (AvgIpc) is 2.21. The Kier molecular flexibility index (Phi) is 4.97. The zero-order chi connectivity index (χ0) is 15.5. The highest BCUT2D eigenvalue weighted by Gasteiger charge is 2.37. The predicted molar refractivity (Wildman–Crippen MR) is 73.2 cm³/mol. The molecule has 7 heteroatoms. The van der Waals surface area contributed by atoms with Gasteiger partial charge in [-0.3, -0.25) is 9.59 Å². The van der Waals surface area contributed by atoms with Crippen LogP contribution in [0.5, 0.6) is 0 Å². The number of urea groups is 1. The number of hydrogen-bond donors (Lipinski definition) is 3. The van der Waals surface area contributed by atoms with Crippen LogP contribution in [-0.2, 0) is 9.59 Å². The van der Waals surface area contributed by atoms with E-state index in [1.165, 1.54) is 4.90 Å². The minimum absolute atomic E-state index is 0.0124. The van der Waals surface area contributed by atoms with Crippen molar-refractivity contribution in [3.8, 4) is 0 Å². The molecule has 0 saturated carbocycles. The SMILES string of the molecule is CC(C(=O)O)C1CN(C(=O)NCC(=O)NC(C)(C)C)C1. The number of likely N-dealkylation sites (tertiary alicyclic amines) is 1. The molecule has 1 unspecified atom stereocenters. The summed E-state index contributed by atoms with van der Waals surface area (Å²) in [5.74, 6) is -1.56. The van der Waals surface area contributed by atoms with Crippen molar-refractivity contribution in [1.29, 1.82) is 0 Å². The van der Waals surface area contributed by atoms with E-state index in [9.17, 15) is 14.4 Å². The zero-order valence-electron chi connectivity index (χ0n) is 12.4. The molecule has 1 aliphatic heterocycles. The highest BCUT2D eigenvalue weighted by Crippen LogP contribution is 2.23. The fourth-order valence-corrected chi connectivity index (χ4v) is 1.93. The van der Waals surface area contributed by atoms with Gasteiger partial charge < -0.3 is 20.6 Å². The number of nitrogens with zero attached hydrogens (tertiary/aromatic N) is 1. The molecule has 1 heterocycles. The van der Waals surface area contributed by atoms with Crippen molar-refractivity contribution in [1.82, 2.24) is 15.5 Å². The number of carbonyl (C=O) groups is 3. The number of carbonyl (C=O) groups excluding carboxylic acids is 2. The standard InChI is InChI=1S/C13H23N3O4/c1-8(11(18)19)9-6-16(7-9)12(20)14-5-10(17)15-13(2,3)4/h8-9H,5-7H2,1-4H3,(H,14,20)(H,15,17)(H,18,19). The molecule has 1 aliphatic rings. The molecule has 3 amide bonds. The molecule has 0 aromatic carbocycles. The third-order valence-corrected chi connectivity index (χ3v) is 3.21. The number of hydrogen-bond acceptors (Lipinski definition) is 3. The minimum Gasteiger partial charge on any atom is -0.481 e. The van der Waals surface area contributed by atoms with Crippen LogP contribution in [0.2, 0.25) is 0 Å². The van der Waals surface area contributed by atoms with E-state index in [2.05, 4.69) is 10.6 Å². The zero-order valence-corrected chi connectivity index (χ0v) is 12.4. The van der Waals surface area contributed by atoms with Crippen LogP contribution in [0.15, 0.2) is 0 Å². The molecular formula is C13H23N3O4. The van der Waals surface area contributed by atoms with E-state index in [-0.39, 0.29) is 29.9 Å². The summed E-state index contributed by atoms with van der Waals surface area (Å²) in [5, 5.41) is 14.1. The molecule has 0 aliphatic carbocycles. The molecule has 114 valence electrons. The van der Waals surface area contributed by atoms with E-state index >= 15 is 0 Å². The van der Waals surface area contributed by atoms with Crippen molar-refractivity contribution in [3.63, 3.8) is 0 Å². The second-order valence-corrected chi connectivity index (χ2v) is 6.25. The molecule has 0 aromatic heterocycles. The maximum atomic E-state index is 11.7. The molecule has 1 fully saturated rings. The van der Waals surface area contributed by atoms with Crippen LogP contribution in [0.25, 0.3) is 0 Å². The molecular weight excluding hydrogens is 262 g/mol. The topological polar surface area (TPSA) is 98.7 Å². The first-order chi connectivity index (χ1) is 9.10. The van der Waals surface area contributed by atoms with Crippen LogP contribution in [-0.4, -0.2) is 53.1 Å². The van der Waals surface area contributed by atoms with E-state index in [0.717, 1.165) is 0 Å². The highest BCUT2D eigenvalue weighted by atomic mass is 16.4. The molecule has 0 radical (unpaired) electrons. The summed E-state index contributed by atoms with van der Waals surface area (Å²) in [6, 6.07) is -0.331. The lowest BCUT2D eigenvalue weighted by Gasteiger charge is -2.41. The second-order valence-electron chi connectivity index (χ2n) is 6.25. The number of aliphatic carboxylic acids is 1. The van der Waals surface area contributed by atoms with Crippen molar-refractivity contribution in [2.75, 3.05) is 19.6 Å². The van der Waals surface area contributed by atoms with Crippen LogP contribution < -0.4 is 10.6 Å². The average molecular weight is 285 g/mol. The molecule has 0 aromatic rings. The van der Waals surface area contributed by atoms with Gasteiger partial charge in [-0.25, -0.2) is 4.79 Å². The van der Waals surface area contributed by atoms with Crippen molar-refractivity contribution in [2.45, 2.75) is 33.2 Å². The first-order valence-corrected chi connectivity index (χ1v) is 6.67. The Morgan fingerprint density at radius 2 is 1.85 bits per heavy atom. The number of carboxylic acid groups (broad SMARTS) is 1. The number of rotatable bonds is 4. The second kappa shape index (κ2) is 6.11. The Morgan fingerprint density at radius 1 is 1.30 bits per heavy atom. The van der Waals surface area contributed by atoms with Crippen LogP contribution in [0.4, 0.5) is 4.79 Å². The van der Waals surface area contributed by atoms with E-state index in [4.69, 9.17) is 5.11 Å². The summed E-state index contributed by atoms with van der Waals surface area (Å²) < 4.78 is 0. The first kappa shape index (κ1) is 16.3. The van der Waals surface area contributed by atoms with E-state index in [0.29, 0.717) is 13.1 Å². The third-order valence-electron chi connectivity index (χ3n) is 3.21. The summed E-state index contributed by atoms with van der Waals surface area (Å²) in [7, 11) is 0. The lowest BCUT2D eigenvalue weighted by molar-refractivity contribution is -0.144. The molecule has 3 N–H and O–H groups in total. The fourth-order valence-electron chi connectivity index (χ4n) is 1.93. The van der Waals surface area contributed by atoms with Gasteiger partial charge in [-0.2, -0.15) is 0 Å². The van der Waals surface area contributed by atoms with Gasteiger partial charge in [0.2, 0.25) is 5.91 Å². The lowest BCUT2D eigenvalue weighted by Crippen LogP contribution is -2.57. The normalized spacial score (nSPS) is 17.1. The molecule has 0 bridgehead atoms. The maximum absolute atomic E-state index is 11.7. The van der Waals surface area contributed by atoms with Gasteiger partial charge in [0.25, 0.3) is 0 Å². The summed E-state index contributed by atoms with van der Waals surface area (Å²) in [5.41, 5.74) is -0.333. The van der Waals surface area contributed by atoms with Crippen molar-refractivity contribution >= 4 is 17.9 Å². The van der Waals surface area contributed by atoms with Gasteiger partial charge in [-0.15, -0.1) is 0 Å². The maximum Gasteiger partial charge on any atom is 0.317 e. The third kappa shape index (κ3) is 4.71. The van der Waals surface area contributed by atoms with E-state index < -0.39 is 11.9 Å². The molecule has 1 atom stereocenters. The van der Waals surface area contributed by atoms with Gasteiger partial charge in [0.15, 0.2) is 0 Å². The van der Waals surface area contributed by atoms with Gasteiger partial charge in [0.05, 0.1) is 12.5 Å². The Labute approximate surface area is 118 Å².